The standard InChI is InChI=1S/C5H11N5O/c1-10-5(7-8-9-10)6-3-4-11-2/h3-4H2,1-2H3,(H,6,7,9). The van der Waals surface area contributed by atoms with Gasteiger partial charge >= 0.3 is 0 Å². The molecule has 0 fully saturated rings. The first kappa shape index (κ1) is 7.93. The molecule has 11 heavy (non-hydrogen) atoms. The van der Waals surface area contributed by atoms with Crippen LogP contribution in [0.15, 0.2) is 0 Å². The Hall–Kier alpha value is -1.17. The topological polar surface area (TPSA) is 64.9 Å². The maximum Gasteiger partial charge on any atom is 0.242 e. The zero-order chi connectivity index (χ0) is 8.10. The molecule has 0 spiro atoms. The number of aryl methyl sites for hydroxylation is 1. The lowest BCUT2D eigenvalue weighted by molar-refractivity contribution is 0.210. The molecule has 6 nitrogen and oxygen atoms in total. The molecule has 1 aromatic heterocycles. The second-order valence-corrected chi connectivity index (χ2v) is 2.05. The van der Waals surface area contributed by atoms with Crippen molar-refractivity contribution in [3.63, 3.8) is 0 Å². The number of nitrogens with zero attached hydrogens (tertiary/aromatic N) is 4. The molecular formula is C5H11N5O. The highest BCUT2D eigenvalue weighted by atomic mass is 16.5. The van der Waals surface area contributed by atoms with Crippen LogP contribution in [0.5, 0.6) is 0 Å². The van der Waals surface area contributed by atoms with Crippen molar-refractivity contribution in [2.24, 2.45) is 7.05 Å². The number of methoxy groups -OCH3 is 1. The first-order valence-corrected chi connectivity index (χ1v) is 3.29. The normalized spacial score (nSPS) is 10.0. The number of hydrogen-bond donors (Lipinski definition) is 1. The van der Waals surface area contributed by atoms with E-state index in [0.717, 1.165) is 0 Å². The summed E-state index contributed by atoms with van der Waals surface area (Å²) in [6.45, 7) is 1.36. The average Bonchev–Trinajstić information content (AvgIpc) is 2.37. The summed E-state index contributed by atoms with van der Waals surface area (Å²) in [4.78, 5) is 0. The van der Waals surface area contributed by atoms with E-state index in [1.54, 1.807) is 18.8 Å². The van der Waals surface area contributed by atoms with Crippen molar-refractivity contribution >= 4 is 5.95 Å². The number of tetrazole rings is 1. The van der Waals surface area contributed by atoms with Gasteiger partial charge in [-0.1, -0.05) is 5.10 Å². The Morgan fingerprint density at radius 3 is 3.00 bits per heavy atom. The lowest BCUT2D eigenvalue weighted by Gasteiger charge is -2.01. The molecule has 0 aromatic carbocycles. The van der Waals surface area contributed by atoms with Crippen LogP contribution >= 0.6 is 0 Å². The van der Waals surface area contributed by atoms with Crippen LogP contribution in [-0.4, -0.2) is 40.5 Å². The van der Waals surface area contributed by atoms with Crippen molar-refractivity contribution in [1.82, 2.24) is 20.2 Å². The van der Waals surface area contributed by atoms with Gasteiger partial charge in [0, 0.05) is 20.7 Å². The molecule has 6 heteroatoms. The molecule has 0 radical (unpaired) electrons. The van der Waals surface area contributed by atoms with Gasteiger partial charge in [0.1, 0.15) is 0 Å². The van der Waals surface area contributed by atoms with Crippen molar-refractivity contribution in [1.29, 1.82) is 0 Å². The molecule has 1 N–H and O–H groups in total. The minimum Gasteiger partial charge on any atom is -0.383 e. The van der Waals surface area contributed by atoms with Crippen LogP contribution in [0.2, 0.25) is 0 Å². The lowest BCUT2D eigenvalue weighted by atomic mass is 10.7. The molecule has 0 aliphatic heterocycles. The molecule has 0 atom stereocenters. The number of rotatable bonds is 4. The fourth-order valence-corrected chi connectivity index (χ4v) is 0.644. The van der Waals surface area contributed by atoms with Crippen molar-refractivity contribution in [3.8, 4) is 0 Å². The summed E-state index contributed by atoms with van der Waals surface area (Å²) in [5, 5.41) is 13.8. The molecule has 0 saturated heterocycles. The Morgan fingerprint density at radius 2 is 2.45 bits per heavy atom. The average molecular weight is 157 g/mol. The van der Waals surface area contributed by atoms with Crippen LogP contribution in [0.1, 0.15) is 0 Å². The van der Waals surface area contributed by atoms with E-state index in [1.165, 1.54) is 0 Å². The molecular weight excluding hydrogens is 146 g/mol. The smallest absolute Gasteiger partial charge is 0.242 e. The van der Waals surface area contributed by atoms with Gasteiger partial charge in [-0.3, -0.25) is 0 Å². The summed E-state index contributed by atoms with van der Waals surface area (Å²) in [6.07, 6.45) is 0. The van der Waals surface area contributed by atoms with E-state index in [-0.39, 0.29) is 0 Å². The Kier molecular flexibility index (Phi) is 2.79. The summed E-state index contributed by atoms with van der Waals surface area (Å²) in [6, 6.07) is 0. The number of nitrogens with one attached hydrogen (secondary N) is 1. The van der Waals surface area contributed by atoms with Gasteiger partial charge in [0.15, 0.2) is 0 Å². The third-order valence-electron chi connectivity index (χ3n) is 1.21. The zero-order valence-electron chi connectivity index (χ0n) is 6.61. The van der Waals surface area contributed by atoms with Crippen LogP contribution < -0.4 is 5.32 Å². The molecule has 0 saturated carbocycles. The first-order valence-electron chi connectivity index (χ1n) is 3.29. The first-order chi connectivity index (χ1) is 5.34. The van der Waals surface area contributed by atoms with E-state index >= 15 is 0 Å². The van der Waals surface area contributed by atoms with E-state index < -0.39 is 0 Å². The number of hydrogen-bond acceptors (Lipinski definition) is 5. The zero-order valence-corrected chi connectivity index (χ0v) is 6.61. The largest absolute Gasteiger partial charge is 0.383 e. The third-order valence-corrected chi connectivity index (χ3v) is 1.21. The highest BCUT2D eigenvalue weighted by Crippen LogP contribution is 1.93. The Balaban J connectivity index is 2.32. The van der Waals surface area contributed by atoms with Crippen molar-refractivity contribution in [2.45, 2.75) is 0 Å². The Morgan fingerprint density at radius 1 is 1.64 bits per heavy atom. The van der Waals surface area contributed by atoms with E-state index in [1.807, 2.05) is 0 Å². The maximum atomic E-state index is 4.84. The Bertz CT molecular complexity index is 210. The van der Waals surface area contributed by atoms with Gasteiger partial charge < -0.3 is 10.1 Å². The molecule has 0 aliphatic carbocycles. The molecule has 1 heterocycles. The van der Waals surface area contributed by atoms with Crippen molar-refractivity contribution in [2.75, 3.05) is 25.6 Å². The van der Waals surface area contributed by atoms with E-state index in [0.29, 0.717) is 19.1 Å². The van der Waals surface area contributed by atoms with Gasteiger partial charge in [0.25, 0.3) is 0 Å². The van der Waals surface area contributed by atoms with Crippen LogP contribution in [0, 0.1) is 0 Å². The minimum absolute atomic E-state index is 0.646. The lowest BCUT2D eigenvalue weighted by Crippen LogP contribution is -2.11. The van der Waals surface area contributed by atoms with Gasteiger partial charge in [-0.2, -0.15) is 0 Å². The molecule has 1 aromatic rings. The molecule has 0 aliphatic rings. The van der Waals surface area contributed by atoms with Gasteiger partial charge in [-0.15, -0.1) is 0 Å². The number of ether oxygens (including phenoxy) is 1. The second kappa shape index (κ2) is 3.87. The van der Waals surface area contributed by atoms with Crippen molar-refractivity contribution in [3.05, 3.63) is 0 Å². The molecule has 0 amide bonds. The van der Waals surface area contributed by atoms with Crippen LogP contribution in [-0.2, 0) is 11.8 Å². The van der Waals surface area contributed by atoms with Gasteiger partial charge in [0.05, 0.1) is 6.61 Å². The number of aromatic nitrogens is 4. The monoisotopic (exact) mass is 157 g/mol. The summed E-state index contributed by atoms with van der Waals surface area (Å²) in [5.41, 5.74) is 0. The van der Waals surface area contributed by atoms with E-state index in [4.69, 9.17) is 4.74 Å². The van der Waals surface area contributed by atoms with Crippen LogP contribution in [0.3, 0.4) is 0 Å². The van der Waals surface area contributed by atoms with Gasteiger partial charge in [0.2, 0.25) is 5.95 Å². The summed E-state index contributed by atoms with van der Waals surface area (Å²) in [5.74, 6) is 0.655. The van der Waals surface area contributed by atoms with E-state index in [9.17, 15) is 0 Å². The maximum absolute atomic E-state index is 4.84. The van der Waals surface area contributed by atoms with Crippen LogP contribution in [0.25, 0.3) is 0 Å². The minimum atomic E-state index is 0.646. The van der Waals surface area contributed by atoms with Gasteiger partial charge in [-0.05, 0) is 10.4 Å². The molecule has 0 bridgehead atoms. The summed E-state index contributed by atoms with van der Waals surface area (Å²) >= 11 is 0. The summed E-state index contributed by atoms with van der Waals surface area (Å²) in [7, 11) is 3.42. The fraction of sp³-hybridized carbons (Fsp3) is 0.800. The molecule has 0 unspecified atom stereocenters. The second-order valence-electron chi connectivity index (χ2n) is 2.05. The summed E-state index contributed by atoms with van der Waals surface area (Å²) < 4.78 is 6.40. The molecule has 62 valence electrons. The number of anilines is 1. The van der Waals surface area contributed by atoms with Gasteiger partial charge in [-0.25, -0.2) is 4.68 Å². The SMILES string of the molecule is COCCNc1nnnn1C. The quantitative estimate of drug-likeness (QED) is 0.584. The fourth-order valence-electron chi connectivity index (χ4n) is 0.644. The highest BCUT2D eigenvalue weighted by molar-refractivity contribution is 5.20. The van der Waals surface area contributed by atoms with Crippen LogP contribution in [0.4, 0.5) is 5.95 Å². The predicted octanol–water partition coefficient (Wildman–Crippen LogP) is -0.732. The highest BCUT2D eigenvalue weighted by Gasteiger charge is 1.97. The Labute approximate surface area is 64.5 Å². The molecule has 1 rings (SSSR count). The van der Waals surface area contributed by atoms with Crippen molar-refractivity contribution < 1.29 is 4.74 Å². The third kappa shape index (κ3) is 2.15. The van der Waals surface area contributed by atoms with E-state index in [2.05, 4.69) is 20.8 Å². The predicted molar refractivity (Wildman–Crippen MR) is 39.2 cm³/mol.